The lowest BCUT2D eigenvalue weighted by molar-refractivity contribution is -0.140. The van der Waals surface area contributed by atoms with E-state index in [1.54, 1.807) is 24.1 Å². The third-order valence-corrected chi connectivity index (χ3v) is 5.88. The molecule has 0 spiro atoms. The zero-order valence-corrected chi connectivity index (χ0v) is 19.5. The molecule has 3 aromatic rings. The Morgan fingerprint density at radius 1 is 0.938 bits per heavy atom. The normalized spacial score (nSPS) is 11.6. The molecule has 166 valence electrons. The molecule has 3 rings (SSSR count). The van der Waals surface area contributed by atoms with Crippen molar-refractivity contribution in [2.24, 2.45) is 0 Å². The maximum atomic E-state index is 13.6. The third kappa shape index (κ3) is 6.21. The first-order chi connectivity index (χ1) is 15.4. The first-order valence-corrected chi connectivity index (χ1v) is 11.1. The van der Waals surface area contributed by atoms with Crippen LogP contribution in [0.2, 0.25) is 5.02 Å². The quantitative estimate of drug-likeness (QED) is 0.533. The summed E-state index contributed by atoms with van der Waals surface area (Å²) in [7, 11) is 1.61. The summed E-state index contributed by atoms with van der Waals surface area (Å²) in [6.07, 6.45) is 0.677. The van der Waals surface area contributed by atoms with Gasteiger partial charge >= 0.3 is 0 Å². The highest BCUT2D eigenvalue weighted by Gasteiger charge is 2.30. The molecule has 0 saturated heterocycles. The van der Waals surface area contributed by atoms with Gasteiger partial charge in [-0.15, -0.1) is 0 Å². The Labute approximate surface area is 195 Å². The number of rotatable bonds is 8. The van der Waals surface area contributed by atoms with Gasteiger partial charge in [0, 0.05) is 25.0 Å². The van der Waals surface area contributed by atoms with Crippen molar-refractivity contribution in [2.75, 3.05) is 7.05 Å². The molecule has 32 heavy (non-hydrogen) atoms. The molecule has 0 heterocycles. The zero-order chi connectivity index (χ0) is 23.1. The minimum absolute atomic E-state index is 0.0850. The molecule has 3 aromatic carbocycles. The maximum absolute atomic E-state index is 13.6. The smallest absolute Gasteiger partial charge is 0.242 e. The Kier molecular flexibility index (Phi) is 8.07. The molecule has 0 fully saturated rings. The Hall–Kier alpha value is -3.11. The molecule has 0 unspecified atom stereocenters. The number of carbonyl (C=O) groups excluding carboxylic acids is 2. The van der Waals surface area contributed by atoms with Crippen LogP contribution in [0.3, 0.4) is 0 Å². The highest BCUT2D eigenvalue weighted by molar-refractivity contribution is 6.30. The molecule has 0 aromatic heterocycles. The van der Waals surface area contributed by atoms with E-state index >= 15 is 0 Å². The van der Waals surface area contributed by atoms with Crippen molar-refractivity contribution in [3.63, 3.8) is 0 Å². The number of hydrogen-bond donors (Lipinski definition) is 1. The summed E-state index contributed by atoms with van der Waals surface area (Å²) in [5.41, 5.74) is 5.07. The van der Waals surface area contributed by atoms with E-state index in [1.165, 1.54) is 0 Å². The van der Waals surface area contributed by atoms with E-state index in [2.05, 4.69) is 5.32 Å². The van der Waals surface area contributed by atoms with Crippen molar-refractivity contribution in [1.82, 2.24) is 10.2 Å². The number of aryl methyl sites for hydroxylation is 2. The van der Waals surface area contributed by atoms with E-state index < -0.39 is 6.04 Å². The largest absolute Gasteiger partial charge is 0.357 e. The van der Waals surface area contributed by atoms with E-state index in [-0.39, 0.29) is 18.2 Å². The number of carbonyl (C=O) groups is 2. The summed E-state index contributed by atoms with van der Waals surface area (Å²) in [5.74, 6) is -0.268. The second-order valence-electron chi connectivity index (χ2n) is 8.07. The van der Waals surface area contributed by atoms with Crippen LogP contribution in [0.1, 0.15) is 27.8 Å². The molecule has 1 N–H and O–H groups in total. The van der Waals surface area contributed by atoms with Crippen LogP contribution in [0.5, 0.6) is 0 Å². The van der Waals surface area contributed by atoms with Crippen molar-refractivity contribution >= 4 is 23.4 Å². The van der Waals surface area contributed by atoms with Gasteiger partial charge in [0.1, 0.15) is 6.04 Å². The molecule has 2 amide bonds. The van der Waals surface area contributed by atoms with Gasteiger partial charge in [0.2, 0.25) is 11.8 Å². The molecule has 5 heteroatoms. The molecule has 1 atom stereocenters. The first-order valence-electron chi connectivity index (χ1n) is 10.7. The first kappa shape index (κ1) is 23.6. The summed E-state index contributed by atoms with van der Waals surface area (Å²) >= 11 is 6.05. The van der Waals surface area contributed by atoms with Gasteiger partial charge in [-0.05, 0) is 48.2 Å². The fourth-order valence-electron chi connectivity index (χ4n) is 3.76. The SMILES string of the molecule is CNC(=O)[C@@H](Cc1ccccc1)N(Cc1ccc(Cl)cc1)C(=O)Cc1cc(C)ccc1C. The Morgan fingerprint density at radius 2 is 1.62 bits per heavy atom. The Morgan fingerprint density at radius 3 is 2.28 bits per heavy atom. The van der Waals surface area contributed by atoms with E-state index in [0.717, 1.165) is 27.8 Å². The molecule has 0 radical (unpaired) electrons. The van der Waals surface area contributed by atoms with Gasteiger partial charge in [-0.3, -0.25) is 9.59 Å². The van der Waals surface area contributed by atoms with Crippen molar-refractivity contribution in [2.45, 2.75) is 39.3 Å². The van der Waals surface area contributed by atoms with Crippen LogP contribution in [0, 0.1) is 13.8 Å². The van der Waals surface area contributed by atoms with Crippen LogP contribution in [0.4, 0.5) is 0 Å². The second kappa shape index (κ2) is 11.0. The van der Waals surface area contributed by atoms with E-state index in [9.17, 15) is 9.59 Å². The van der Waals surface area contributed by atoms with Gasteiger partial charge < -0.3 is 10.2 Å². The number of amides is 2. The summed E-state index contributed by atoms with van der Waals surface area (Å²) in [4.78, 5) is 28.3. The molecule has 0 aliphatic heterocycles. The lowest BCUT2D eigenvalue weighted by Gasteiger charge is -2.31. The maximum Gasteiger partial charge on any atom is 0.242 e. The third-order valence-electron chi connectivity index (χ3n) is 5.63. The molecular formula is C27H29ClN2O2. The van der Waals surface area contributed by atoms with Crippen LogP contribution in [0.25, 0.3) is 0 Å². The van der Waals surface area contributed by atoms with Crippen LogP contribution in [-0.4, -0.2) is 29.8 Å². The van der Waals surface area contributed by atoms with Gasteiger partial charge in [-0.1, -0.05) is 77.8 Å². The lowest BCUT2D eigenvalue weighted by Crippen LogP contribution is -2.50. The molecule has 4 nitrogen and oxygen atoms in total. The molecule has 0 bridgehead atoms. The lowest BCUT2D eigenvalue weighted by atomic mass is 9.99. The molecule has 0 saturated carbocycles. The molecular weight excluding hydrogens is 420 g/mol. The van der Waals surface area contributed by atoms with E-state index in [1.807, 2.05) is 74.5 Å². The standard InChI is InChI=1S/C27H29ClN2O2/c1-19-9-10-20(2)23(15-19)17-26(31)30(18-22-11-13-24(28)14-12-22)25(27(32)29-3)16-21-7-5-4-6-8-21/h4-15,25H,16-18H2,1-3H3,(H,29,32)/t25-/m1/s1. The number of nitrogens with zero attached hydrogens (tertiary/aromatic N) is 1. The van der Waals surface area contributed by atoms with Gasteiger partial charge in [0.15, 0.2) is 0 Å². The zero-order valence-electron chi connectivity index (χ0n) is 18.8. The number of hydrogen-bond acceptors (Lipinski definition) is 2. The van der Waals surface area contributed by atoms with Crippen molar-refractivity contribution in [1.29, 1.82) is 0 Å². The average molecular weight is 449 g/mol. The van der Waals surface area contributed by atoms with Crippen LogP contribution >= 0.6 is 11.6 Å². The van der Waals surface area contributed by atoms with Crippen LogP contribution in [-0.2, 0) is 29.0 Å². The minimum Gasteiger partial charge on any atom is -0.357 e. The monoisotopic (exact) mass is 448 g/mol. The van der Waals surface area contributed by atoms with Crippen molar-refractivity contribution < 1.29 is 9.59 Å². The Balaban J connectivity index is 1.96. The van der Waals surface area contributed by atoms with E-state index in [0.29, 0.717) is 18.0 Å². The average Bonchev–Trinajstić information content (AvgIpc) is 2.80. The predicted molar refractivity (Wildman–Crippen MR) is 130 cm³/mol. The minimum atomic E-state index is -0.629. The van der Waals surface area contributed by atoms with Crippen molar-refractivity contribution in [3.8, 4) is 0 Å². The van der Waals surface area contributed by atoms with E-state index in [4.69, 9.17) is 11.6 Å². The topological polar surface area (TPSA) is 49.4 Å². The summed E-state index contributed by atoms with van der Waals surface area (Å²) in [5, 5.41) is 3.38. The summed E-state index contributed by atoms with van der Waals surface area (Å²) in [6.45, 7) is 4.35. The number of benzene rings is 3. The number of halogens is 1. The Bertz CT molecular complexity index is 1060. The summed E-state index contributed by atoms with van der Waals surface area (Å²) in [6, 6.07) is 22.7. The van der Waals surface area contributed by atoms with Crippen LogP contribution in [0.15, 0.2) is 72.8 Å². The van der Waals surface area contributed by atoms with Gasteiger partial charge in [0.25, 0.3) is 0 Å². The molecule has 0 aliphatic carbocycles. The van der Waals surface area contributed by atoms with Gasteiger partial charge in [0.05, 0.1) is 6.42 Å². The van der Waals surface area contributed by atoms with Crippen molar-refractivity contribution in [3.05, 3.63) is 106 Å². The van der Waals surface area contributed by atoms with Gasteiger partial charge in [-0.2, -0.15) is 0 Å². The predicted octanol–water partition coefficient (Wildman–Crippen LogP) is 4.89. The highest BCUT2D eigenvalue weighted by Crippen LogP contribution is 2.19. The molecule has 0 aliphatic rings. The highest BCUT2D eigenvalue weighted by atomic mass is 35.5. The van der Waals surface area contributed by atoms with Gasteiger partial charge in [-0.25, -0.2) is 0 Å². The second-order valence-corrected chi connectivity index (χ2v) is 8.51. The van der Waals surface area contributed by atoms with Crippen LogP contribution < -0.4 is 5.32 Å². The fraction of sp³-hybridized carbons (Fsp3) is 0.259. The number of nitrogens with one attached hydrogen (secondary N) is 1. The summed E-state index contributed by atoms with van der Waals surface area (Å²) < 4.78 is 0. The number of likely N-dealkylation sites (N-methyl/N-ethyl adjacent to an activating group) is 1. The fourth-order valence-corrected chi connectivity index (χ4v) is 3.89.